The lowest BCUT2D eigenvalue weighted by Gasteiger charge is -2.30. The summed E-state index contributed by atoms with van der Waals surface area (Å²) in [6.07, 6.45) is 2.63. The number of para-hydroxylation sites is 1. The number of piperidine rings is 1. The number of likely N-dealkylation sites (tertiary alicyclic amines) is 1. The number of rotatable bonds is 4. The summed E-state index contributed by atoms with van der Waals surface area (Å²) < 4.78 is 0. The van der Waals surface area contributed by atoms with Crippen LogP contribution >= 0.6 is 0 Å². The zero-order valence-corrected chi connectivity index (χ0v) is 13.7. The molecule has 0 aliphatic carbocycles. The quantitative estimate of drug-likeness (QED) is 0.919. The van der Waals surface area contributed by atoms with E-state index < -0.39 is 0 Å². The number of carbonyl (C=O) groups is 1. The Bertz CT molecular complexity index is 636. The van der Waals surface area contributed by atoms with E-state index >= 15 is 0 Å². The molecular weight excluding hydrogens is 284 g/mol. The maximum absolute atomic E-state index is 12.2. The highest BCUT2D eigenvalue weighted by molar-refractivity contribution is 6.04. The molecule has 1 amide bonds. The van der Waals surface area contributed by atoms with Crippen molar-refractivity contribution in [3.05, 3.63) is 65.7 Å². The van der Waals surface area contributed by atoms with E-state index in [4.69, 9.17) is 0 Å². The van der Waals surface area contributed by atoms with Crippen LogP contribution in [0.1, 0.15) is 35.7 Å². The Morgan fingerprint density at radius 1 is 1.13 bits per heavy atom. The van der Waals surface area contributed by atoms with Crippen LogP contribution in [-0.4, -0.2) is 23.9 Å². The number of nitrogens with zero attached hydrogens (tertiary/aromatic N) is 1. The van der Waals surface area contributed by atoms with Gasteiger partial charge < -0.3 is 5.32 Å². The lowest BCUT2D eigenvalue weighted by atomic mass is 9.99. The van der Waals surface area contributed by atoms with E-state index in [1.165, 1.54) is 31.5 Å². The Balaban J connectivity index is 1.59. The number of nitrogens with one attached hydrogen (secondary N) is 1. The third-order valence-corrected chi connectivity index (χ3v) is 4.40. The smallest absolute Gasteiger partial charge is 0.255 e. The maximum Gasteiger partial charge on any atom is 0.255 e. The van der Waals surface area contributed by atoms with Gasteiger partial charge in [-0.15, -0.1) is 0 Å². The first-order valence-corrected chi connectivity index (χ1v) is 8.38. The SMILES string of the molecule is C[C@@H]1CCCN(Cc2ccc(C(=O)Nc3ccccc3)cc2)C1. The van der Waals surface area contributed by atoms with Gasteiger partial charge in [-0.25, -0.2) is 0 Å². The highest BCUT2D eigenvalue weighted by atomic mass is 16.1. The molecule has 2 aromatic rings. The molecule has 1 heterocycles. The average Bonchev–Trinajstić information content (AvgIpc) is 2.56. The van der Waals surface area contributed by atoms with Crippen molar-refractivity contribution in [1.82, 2.24) is 4.90 Å². The second kappa shape index (κ2) is 7.42. The molecule has 3 heteroatoms. The molecule has 2 aromatic carbocycles. The Kier molecular flexibility index (Phi) is 5.09. The molecule has 3 rings (SSSR count). The van der Waals surface area contributed by atoms with Crippen LogP contribution in [0, 0.1) is 5.92 Å². The van der Waals surface area contributed by atoms with Gasteiger partial charge in [0.2, 0.25) is 0 Å². The Morgan fingerprint density at radius 3 is 2.57 bits per heavy atom. The lowest BCUT2D eigenvalue weighted by molar-refractivity contribution is 0.102. The van der Waals surface area contributed by atoms with Gasteiger partial charge in [0.05, 0.1) is 0 Å². The van der Waals surface area contributed by atoms with Gasteiger partial charge in [0.25, 0.3) is 5.91 Å². The summed E-state index contributed by atoms with van der Waals surface area (Å²) in [4.78, 5) is 14.7. The molecule has 1 atom stereocenters. The van der Waals surface area contributed by atoms with Gasteiger partial charge in [-0.1, -0.05) is 37.3 Å². The van der Waals surface area contributed by atoms with Crippen molar-refractivity contribution in [3.8, 4) is 0 Å². The van der Waals surface area contributed by atoms with Gasteiger partial charge in [0.15, 0.2) is 0 Å². The summed E-state index contributed by atoms with van der Waals surface area (Å²) in [5, 5.41) is 2.92. The second-order valence-electron chi connectivity index (χ2n) is 6.50. The lowest BCUT2D eigenvalue weighted by Crippen LogP contribution is -2.33. The van der Waals surface area contributed by atoms with Crippen molar-refractivity contribution in [2.75, 3.05) is 18.4 Å². The highest BCUT2D eigenvalue weighted by Crippen LogP contribution is 2.18. The molecule has 1 aliphatic heterocycles. The van der Waals surface area contributed by atoms with Crippen molar-refractivity contribution < 1.29 is 4.79 Å². The fraction of sp³-hybridized carbons (Fsp3) is 0.350. The summed E-state index contributed by atoms with van der Waals surface area (Å²) in [6.45, 7) is 5.66. The topological polar surface area (TPSA) is 32.3 Å². The minimum atomic E-state index is -0.0608. The highest BCUT2D eigenvalue weighted by Gasteiger charge is 2.16. The van der Waals surface area contributed by atoms with Crippen LogP contribution in [0.15, 0.2) is 54.6 Å². The van der Waals surface area contributed by atoms with E-state index in [1.54, 1.807) is 0 Å². The van der Waals surface area contributed by atoms with Crippen LogP contribution in [-0.2, 0) is 6.54 Å². The van der Waals surface area contributed by atoms with Gasteiger partial charge >= 0.3 is 0 Å². The summed E-state index contributed by atoms with van der Waals surface area (Å²) in [5.74, 6) is 0.731. The molecule has 1 saturated heterocycles. The van der Waals surface area contributed by atoms with Gasteiger partial charge in [0, 0.05) is 24.3 Å². The van der Waals surface area contributed by atoms with Crippen molar-refractivity contribution in [3.63, 3.8) is 0 Å². The van der Waals surface area contributed by atoms with Crippen molar-refractivity contribution in [2.24, 2.45) is 5.92 Å². The normalized spacial score (nSPS) is 18.6. The number of hydrogen-bond acceptors (Lipinski definition) is 2. The molecule has 1 N–H and O–H groups in total. The predicted octanol–water partition coefficient (Wildman–Crippen LogP) is 4.17. The molecule has 0 saturated carbocycles. The summed E-state index contributed by atoms with van der Waals surface area (Å²) >= 11 is 0. The molecule has 0 aromatic heterocycles. The van der Waals surface area contributed by atoms with Gasteiger partial charge in [-0.2, -0.15) is 0 Å². The van der Waals surface area contributed by atoms with E-state index in [-0.39, 0.29) is 5.91 Å². The van der Waals surface area contributed by atoms with Crippen molar-refractivity contribution >= 4 is 11.6 Å². The summed E-state index contributed by atoms with van der Waals surface area (Å²) in [6, 6.07) is 17.5. The van der Waals surface area contributed by atoms with Crippen LogP contribution in [0.4, 0.5) is 5.69 Å². The standard InChI is InChI=1S/C20H24N2O/c1-16-6-5-13-22(14-16)15-17-9-11-18(12-10-17)20(23)21-19-7-3-2-4-8-19/h2-4,7-12,16H,5-6,13-15H2,1H3,(H,21,23)/t16-/m1/s1. The first-order valence-electron chi connectivity index (χ1n) is 8.38. The first kappa shape index (κ1) is 15.8. The van der Waals surface area contributed by atoms with E-state index in [2.05, 4.69) is 29.3 Å². The van der Waals surface area contributed by atoms with E-state index in [0.29, 0.717) is 5.56 Å². The molecule has 1 fully saturated rings. The second-order valence-corrected chi connectivity index (χ2v) is 6.50. The van der Waals surface area contributed by atoms with Gasteiger partial charge in [-0.3, -0.25) is 9.69 Å². The third-order valence-electron chi connectivity index (χ3n) is 4.40. The molecule has 0 bridgehead atoms. The molecule has 0 spiro atoms. The number of anilines is 1. The van der Waals surface area contributed by atoms with Crippen molar-refractivity contribution in [1.29, 1.82) is 0 Å². The minimum Gasteiger partial charge on any atom is -0.322 e. The minimum absolute atomic E-state index is 0.0608. The van der Waals surface area contributed by atoms with Crippen LogP contribution in [0.3, 0.4) is 0 Å². The van der Waals surface area contributed by atoms with E-state index in [0.717, 1.165) is 18.2 Å². The number of benzene rings is 2. The maximum atomic E-state index is 12.2. The molecule has 0 radical (unpaired) electrons. The molecule has 23 heavy (non-hydrogen) atoms. The average molecular weight is 308 g/mol. The summed E-state index contributed by atoms with van der Waals surface area (Å²) in [5.41, 5.74) is 2.80. The largest absolute Gasteiger partial charge is 0.322 e. The van der Waals surface area contributed by atoms with Crippen molar-refractivity contribution in [2.45, 2.75) is 26.3 Å². The van der Waals surface area contributed by atoms with E-state index in [1.807, 2.05) is 42.5 Å². The molecule has 120 valence electrons. The Hall–Kier alpha value is -2.13. The molecule has 3 nitrogen and oxygen atoms in total. The first-order chi connectivity index (χ1) is 11.2. The van der Waals surface area contributed by atoms with Gasteiger partial charge in [0.1, 0.15) is 0 Å². The fourth-order valence-corrected chi connectivity index (χ4v) is 3.17. The van der Waals surface area contributed by atoms with Crippen LogP contribution in [0.2, 0.25) is 0 Å². The predicted molar refractivity (Wildman–Crippen MR) is 94.5 cm³/mol. The van der Waals surface area contributed by atoms with E-state index in [9.17, 15) is 4.79 Å². The molecule has 1 aliphatic rings. The summed E-state index contributed by atoms with van der Waals surface area (Å²) in [7, 11) is 0. The van der Waals surface area contributed by atoms with Crippen LogP contribution in [0.25, 0.3) is 0 Å². The number of hydrogen-bond donors (Lipinski definition) is 1. The Morgan fingerprint density at radius 2 is 1.87 bits per heavy atom. The number of amides is 1. The number of carbonyl (C=O) groups excluding carboxylic acids is 1. The zero-order chi connectivity index (χ0) is 16.1. The molecular formula is C20H24N2O. The fourth-order valence-electron chi connectivity index (χ4n) is 3.17. The zero-order valence-electron chi connectivity index (χ0n) is 13.7. The molecule has 0 unspecified atom stereocenters. The monoisotopic (exact) mass is 308 g/mol. The van der Waals surface area contributed by atoms with Gasteiger partial charge in [-0.05, 0) is 55.1 Å². The third kappa shape index (κ3) is 4.42. The van der Waals surface area contributed by atoms with Crippen LogP contribution < -0.4 is 5.32 Å². The van der Waals surface area contributed by atoms with Crippen LogP contribution in [0.5, 0.6) is 0 Å². The Labute approximate surface area is 138 Å².